The van der Waals surface area contributed by atoms with Gasteiger partial charge in [-0.15, -0.1) is 24.8 Å². The van der Waals surface area contributed by atoms with Crippen LogP contribution in [0.5, 0.6) is 0 Å². The van der Waals surface area contributed by atoms with E-state index in [1.165, 1.54) is 51.9 Å². The van der Waals surface area contributed by atoms with Gasteiger partial charge >= 0.3 is 5.69 Å². The summed E-state index contributed by atoms with van der Waals surface area (Å²) in [6, 6.07) is 8.37. The number of nitrogens with zero attached hydrogens (tertiary/aromatic N) is 3. The number of para-hydroxylation sites is 2. The van der Waals surface area contributed by atoms with E-state index in [0.717, 1.165) is 37.0 Å². The van der Waals surface area contributed by atoms with Gasteiger partial charge in [-0.2, -0.15) is 0 Å². The van der Waals surface area contributed by atoms with Crippen molar-refractivity contribution < 1.29 is 0 Å². The third-order valence-electron chi connectivity index (χ3n) is 5.94. The number of nitrogens with one attached hydrogen (secondary N) is 1. The number of fused-ring (bicyclic) bond motifs is 1. The maximum absolute atomic E-state index is 12.4. The normalized spacial score (nSPS) is 19.6. The monoisotopic (exact) mass is 414 g/mol. The summed E-state index contributed by atoms with van der Waals surface area (Å²) in [4.78, 5) is 20.6. The highest BCUT2D eigenvalue weighted by atomic mass is 35.5. The molecular weight excluding hydrogens is 383 g/mol. The van der Waals surface area contributed by atoms with E-state index in [9.17, 15) is 4.79 Å². The number of rotatable bonds is 5. The molecule has 1 aromatic heterocycles. The average Bonchev–Trinajstić information content (AvgIpc) is 2.99. The number of hydrogen-bond acceptors (Lipinski definition) is 3. The van der Waals surface area contributed by atoms with E-state index in [1.54, 1.807) is 0 Å². The van der Waals surface area contributed by atoms with E-state index >= 15 is 0 Å². The molecule has 0 spiro atoms. The Morgan fingerprint density at radius 2 is 1.52 bits per heavy atom. The number of halogens is 2. The molecule has 3 heterocycles. The summed E-state index contributed by atoms with van der Waals surface area (Å²) in [5.74, 6) is 0. The first-order valence-electron chi connectivity index (χ1n) is 9.95. The average molecular weight is 415 g/mol. The van der Waals surface area contributed by atoms with Crippen LogP contribution < -0.4 is 5.69 Å². The van der Waals surface area contributed by atoms with Gasteiger partial charge in [-0.3, -0.25) is 4.57 Å². The lowest BCUT2D eigenvalue weighted by molar-refractivity contribution is 0.166. The zero-order chi connectivity index (χ0) is 17.1. The van der Waals surface area contributed by atoms with Gasteiger partial charge in [0.1, 0.15) is 0 Å². The summed E-state index contributed by atoms with van der Waals surface area (Å²) in [5, 5.41) is 0. The number of H-pyrrole nitrogens is 1. The zero-order valence-electron chi connectivity index (χ0n) is 15.9. The fraction of sp³-hybridized carbons (Fsp3) is 0.650. The van der Waals surface area contributed by atoms with Crippen LogP contribution in [0.25, 0.3) is 11.0 Å². The quantitative estimate of drug-likeness (QED) is 0.810. The predicted octanol–water partition coefficient (Wildman–Crippen LogP) is 3.69. The Labute approximate surface area is 173 Å². The molecule has 0 radical (unpaired) electrons. The van der Waals surface area contributed by atoms with Crippen molar-refractivity contribution in [3.05, 3.63) is 34.7 Å². The van der Waals surface area contributed by atoms with Crippen molar-refractivity contribution in [3.63, 3.8) is 0 Å². The molecule has 2 aliphatic rings. The smallest absolute Gasteiger partial charge is 0.306 e. The summed E-state index contributed by atoms with van der Waals surface area (Å²) in [6.45, 7) is 7.26. The molecular formula is C20H32Cl2N4O. The fourth-order valence-electron chi connectivity index (χ4n) is 4.54. The molecule has 2 aliphatic heterocycles. The number of hydrogen-bond donors (Lipinski definition) is 1. The molecule has 2 saturated heterocycles. The van der Waals surface area contributed by atoms with Crippen molar-refractivity contribution in [3.8, 4) is 0 Å². The summed E-state index contributed by atoms with van der Waals surface area (Å²) >= 11 is 0. The third-order valence-corrected chi connectivity index (χ3v) is 5.94. The maximum Gasteiger partial charge on any atom is 0.326 e. The predicted molar refractivity (Wildman–Crippen MR) is 117 cm³/mol. The first-order valence-corrected chi connectivity index (χ1v) is 9.95. The fourth-order valence-corrected chi connectivity index (χ4v) is 4.54. The number of aromatic nitrogens is 2. The highest BCUT2D eigenvalue weighted by Crippen LogP contribution is 2.24. The van der Waals surface area contributed by atoms with E-state index in [2.05, 4.69) is 20.9 Å². The summed E-state index contributed by atoms with van der Waals surface area (Å²) < 4.78 is 1.99. The van der Waals surface area contributed by atoms with E-state index in [-0.39, 0.29) is 30.5 Å². The van der Waals surface area contributed by atoms with Crippen molar-refractivity contribution in [1.82, 2.24) is 19.4 Å². The molecule has 7 heteroatoms. The lowest BCUT2D eigenvalue weighted by Crippen LogP contribution is -2.39. The Hall–Kier alpha value is -1.01. The molecule has 27 heavy (non-hydrogen) atoms. The van der Waals surface area contributed by atoms with Crippen LogP contribution in [0.1, 0.15) is 44.6 Å². The Morgan fingerprint density at radius 3 is 2.22 bits per heavy atom. The number of benzene rings is 1. The van der Waals surface area contributed by atoms with Crippen LogP contribution in [0.15, 0.2) is 29.1 Å². The van der Waals surface area contributed by atoms with Crippen LogP contribution in [-0.4, -0.2) is 58.6 Å². The van der Waals surface area contributed by atoms with Crippen LogP contribution in [0.3, 0.4) is 0 Å². The molecule has 2 fully saturated rings. The standard InChI is InChI=1S/C20H30N4O.2ClH/c25-20-21-18-7-2-3-8-19(18)24(20)17-9-15-23(16-10-17)14-6-13-22-11-4-1-5-12-22;;/h2-3,7-8,17H,1,4-6,9-16H2,(H,21,25);2*1H. The molecule has 4 rings (SSSR count). The van der Waals surface area contributed by atoms with Gasteiger partial charge < -0.3 is 14.8 Å². The second-order valence-corrected chi connectivity index (χ2v) is 7.65. The SMILES string of the molecule is Cl.Cl.O=c1[nH]c2ccccc2n1C1CCN(CCCN2CCCCC2)CC1. The molecule has 5 nitrogen and oxygen atoms in total. The van der Waals surface area contributed by atoms with Gasteiger partial charge in [-0.05, 0) is 70.4 Å². The van der Waals surface area contributed by atoms with Gasteiger partial charge in [0.2, 0.25) is 0 Å². The zero-order valence-corrected chi connectivity index (χ0v) is 17.6. The third kappa shape index (κ3) is 5.29. The molecule has 152 valence electrons. The van der Waals surface area contributed by atoms with Gasteiger partial charge in [0.25, 0.3) is 0 Å². The van der Waals surface area contributed by atoms with Gasteiger partial charge in [0, 0.05) is 19.1 Å². The number of piperidine rings is 2. The highest BCUT2D eigenvalue weighted by Gasteiger charge is 2.23. The van der Waals surface area contributed by atoms with E-state index < -0.39 is 0 Å². The summed E-state index contributed by atoms with van der Waals surface area (Å²) in [7, 11) is 0. The molecule has 2 aromatic rings. The number of imidazole rings is 1. The number of likely N-dealkylation sites (tertiary alicyclic amines) is 2. The summed E-state index contributed by atoms with van der Waals surface area (Å²) in [6.07, 6.45) is 7.60. The maximum atomic E-state index is 12.4. The van der Waals surface area contributed by atoms with E-state index in [0.29, 0.717) is 6.04 Å². The molecule has 0 unspecified atom stereocenters. The minimum Gasteiger partial charge on any atom is -0.306 e. The first kappa shape index (κ1) is 22.3. The van der Waals surface area contributed by atoms with Crippen molar-refractivity contribution in [2.45, 2.75) is 44.6 Å². The van der Waals surface area contributed by atoms with Crippen molar-refractivity contribution in [1.29, 1.82) is 0 Å². The first-order chi connectivity index (χ1) is 12.3. The second-order valence-electron chi connectivity index (χ2n) is 7.65. The van der Waals surface area contributed by atoms with Gasteiger partial charge in [0.15, 0.2) is 0 Å². The molecule has 0 bridgehead atoms. The van der Waals surface area contributed by atoms with Crippen LogP contribution >= 0.6 is 24.8 Å². The van der Waals surface area contributed by atoms with Gasteiger partial charge in [-0.25, -0.2) is 4.79 Å². The molecule has 0 amide bonds. The minimum atomic E-state index is 0. The largest absolute Gasteiger partial charge is 0.326 e. The highest BCUT2D eigenvalue weighted by molar-refractivity contribution is 5.85. The Morgan fingerprint density at radius 1 is 0.889 bits per heavy atom. The lowest BCUT2D eigenvalue weighted by atomic mass is 10.0. The molecule has 0 aliphatic carbocycles. The van der Waals surface area contributed by atoms with E-state index in [4.69, 9.17) is 0 Å². The van der Waals surface area contributed by atoms with Gasteiger partial charge in [0.05, 0.1) is 11.0 Å². The van der Waals surface area contributed by atoms with Crippen LogP contribution in [0, 0.1) is 0 Å². The minimum absolute atomic E-state index is 0. The van der Waals surface area contributed by atoms with Crippen molar-refractivity contribution >= 4 is 35.8 Å². The van der Waals surface area contributed by atoms with Crippen LogP contribution in [0.2, 0.25) is 0 Å². The Balaban J connectivity index is 0.00000131. The lowest BCUT2D eigenvalue weighted by Gasteiger charge is -2.33. The Kier molecular flexibility index (Phi) is 8.67. The van der Waals surface area contributed by atoms with Crippen LogP contribution in [-0.2, 0) is 0 Å². The van der Waals surface area contributed by atoms with E-state index in [1.807, 2.05) is 22.8 Å². The van der Waals surface area contributed by atoms with Gasteiger partial charge in [-0.1, -0.05) is 18.6 Å². The number of aromatic amines is 1. The second kappa shape index (κ2) is 10.5. The van der Waals surface area contributed by atoms with Crippen molar-refractivity contribution in [2.24, 2.45) is 0 Å². The topological polar surface area (TPSA) is 44.3 Å². The van der Waals surface area contributed by atoms with Crippen molar-refractivity contribution in [2.75, 3.05) is 39.3 Å². The van der Waals surface area contributed by atoms with Crippen LogP contribution in [0.4, 0.5) is 0 Å². The molecule has 0 saturated carbocycles. The Bertz CT molecular complexity index is 746. The summed E-state index contributed by atoms with van der Waals surface area (Å²) in [5.41, 5.74) is 2.05. The molecule has 1 aromatic carbocycles. The molecule has 0 atom stereocenters. The molecule has 1 N–H and O–H groups in total.